The minimum absolute atomic E-state index is 0.263. The Hall–Kier alpha value is -0.0900. The van der Waals surface area contributed by atoms with Crippen LogP contribution in [0.3, 0.4) is 0 Å². The summed E-state index contributed by atoms with van der Waals surface area (Å²) in [4.78, 5) is 0. The number of hydrogen-bond acceptors (Lipinski definition) is 3. The molecule has 0 aromatic heterocycles. The highest BCUT2D eigenvalue weighted by Crippen LogP contribution is 1.92. The minimum Gasteiger partial charge on any atom is -0.314 e. The SMILES string of the molecule is CCCS(=O)(=O)CCNC(C)C. The highest BCUT2D eigenvalue weighted by atomic mass is 32.2. The number of nitrogens with one attached hydrogen (secondary N) is 1. The first-order valence-electron chi connectivity index (χ1n) is 4.41. The lowest BCUT2D eigenvalue weighted by Crippen LogP contribution is -2.29. The Morgan fingerprint density at radius 3 is 2.25 bits per heavy atom. The maximum atomic E-state index is 11.2. The summed E-state index contributed by atoms with van der Waals surface area (Å²) in [5, 5.41) is 3.08. The number of sulfone groups is 1. The average molecular weight is 193 g/mol. The van der Waals surface area contributed by atoms with Crippen molar-refractivity contribution >= 4 is 9.84 Å². The van der Waals surface area contributed by atoms with Crippen LogP contribution in [0.2, 0.25) is 0 Å². The summed E-state index contributed by atoms with van der Waals surface area (Å²) in [5.74, 6) is 0.575. The average Bonchev–Trinajstić information content (AvgIpc) is 1.85. The van der Waals surface area contributed by atoms with Crippen molar-refractivity contribution in [1.82, 2.24) is 5.32 Å². The van der Waals surface area contributed by atoms with E-state index in [9.17, 15) is 8.42 Å². The molecule has 0 aliphatic carbocycles. The smallest absolute Gasteiger partial charge is 0.151 e. The van der Waals surface area contributed by atoms with Gasteiger partial charge in [0.1, 0.15) is 0 Å². The van der Waals surface area contributed by atoms with Crippen LogP contribution in [0.1, 0.15) is 27.2 Å². The molecule has 1 N–H and O–H groups in total. The molecular formula is C8H19NO2S. The molecule has 0 unspecified atom stereocenters. The van der Waals surface area contributed by atoms with Crippen molar-refractivity contribution in [3.63, 3.8) is 0 Å². The molecule has 4 heteroatoms. The fourth-order valence-electron chi connectivity index (χ4n) is 0.916. The summed E-state index contributed by atoms with van der Waals surface area (Å²) in [5.41, 5.74) is 0. The van der Waals surface area contributed by atoms with Gasteiger partial charge < -0.3 is 5.32 Å². The van der Waals surface area contributed by atoms with E-state index >= 15 is 0 Å². The van der Waals surface area contributed by atoms with E-state index in [1.54, 1.807) is 0 Å². The van der Waals surface area contributed by atoms with E-state index < -0.39 is 9.84 Å². The lowest BCUT2D eigenvalue weighted by atomic mass is 10.4. The Labute approximate surface area is 75.5 Å². The molecular weight excluding hydrogens is 174 g/mol. The van der Waals surface area contributed by atoms with Gasteiger partial charge in [-0.3, -0.25) is 0 Å². The monoisotopic (exact) mass is 193 g/mol. The zero-order valence-corrected chi connectivity index (χ0v) is 8.95. The highest BCUT2D eigenvalue weighted by Gasteiger charge is 2.08. The molecule has 0 spiro atoms. The first kappa shape index (κ1) is 11.9. The second kappa shape index (κ2) is 5.54. The largest absolute Gasteiger partial charge is 0.314 e. The minimum atomic E-state index is -2.79. The maximum absolute atomic E-state index is 11.2. The van der Waals surface area contributed by atoms with Gasteiger partial charge in [0.25, 0.3) is 0 Å². The Balaban J connectivity index is 3.62. The lowest BCUT2D eigenvalue weighted by Gasteiger charge is -2.07. The predicted octanol–water partition coefficient (Wildman–Crippen LogP) is 0.809. The standard InChI is InChI=1S/C8H19NO2S/c1-4-6-12(10,11)7-5-9-8(2)3/h8-9H,4-7H2,1-3H3. The van der Waals surface area contributed by atoms with Crippen molar-refractivity contribution < 1.29 is 8.42 Å². The molecule has 0 aromatic rings. The molecule has 0 aliphatic rings. The van der Waals surface area contributed by atoms with Crippen molar-refractivity contribution in [3.8, 4) is 0 Å². The van der Waals surface area contributed by atoms with Gasteiger partial charge in [-0.15, -0.1) is 0 Å². The van der Waals surface area contributed by atoms with Gasteiger partial charge in [0.2, 0.25) is 0 Å². The quantitative estimate of drug-likeness (QED) is 0.679. The van der Waals surface area contributed by atoms with Crippen LogP contribution >= 0.6 is 0 Å². The van der Waals surface area contributed by atoms with Gasteiger partial charge in [-0.05, 0) is 6.42 Å². The van der Waals surface area contributed by atoms with Crippen molar-refractivity contribution in [2.24, 2.45) is 0 Å². The summed E-state index contributed by atoms with van der Waals surface area (Å²) >= 11 is 0. The van der Waals surface area contributed by atoms with Crippen molar-refractivity contribution in [3.05, 3.63) is 0 Å². The van der Waals surface area contributed by atoms with Gasteiger partial charge >= 0.3 is 0 Å². The topological polar surface area (TPSA) is 46.2 Å². The molecule has 3 nitrogen and oxygen atoms in total. The second-order valence-electron chi connectivity index (χ2n) is 3.26. The molecule has 0 amide bonds. The molecule has 0 rings (SSSR count). The van der Waals surface area contributed by atoms with E-state index in [1.807, 2.05) is 20.8 Å². The summed E-state index contributed by atoms with van der Waals surface area (Å²) in [6, 6.07) is 0.363. The summed E-state index contributed by atoms with van der Waals surface area (Å²) in [6.45, 7) is 6.46. The zero-order chi connectivity index (χ0) is 9.61. The molecule has 0 heterocycles. The Morgan fingerprint density at radius 1 is 1.25 bits per heavy atom. The molecule has 12 heavy (non-hydrogen) atoms. The summed E-state index contributed by atoms with van der Waals surface area (Å²) in [7, 11) is -2.79. The summed E-state index contributed by atoms with van der Waals surface area (Å²) in [6.07, 6.45) is 0.712. The van der Waals surface area contributed by atoms with Crippen LogP contribution in [0.15, 0.2) is 0 Å². The van der Waals surface area contributed by atoms with Gasteiger partial charge in [-0.1, -0.05) is 20.8 Å². The van der Waals surface area contributed by atoms with Gasteiger partial charge in [0.15, 0.2) is 9.84 Å². The Kier molecular flexibility index (Phi) is 5.50. The fraction of sp³-hybridized carbons (Fsp3) is 1.00. The van der Waals surface area contributed by atoms with Crippen LogP contribution in [0.5, 0.6) is 0 Å². The van der Waals surface area contributed by atoms with Crippen LogP contribution in [0, 0.1) is 0 Å². The first-order valence-corrected chi connectivity index (χ1v) is 6.24. The molecule has 0 radical (unpaired) electrons. The third kappa shape index (κ3) is 6.61. The highest BCUT2D eigenvalue weighted by molar-refractivity contribution is 7.91. The van der Waals surface area contributed by atoms with Gasteiger partial charge in [0, 0.05) is 18.3 Å². The number of hydrogen-bond donors (Lipinski definition) is 1. The maximum Gasteiger partial charge on any atom is 0.151 e. The van der Waals surface area contributed by atoms with E-state index in [-0.39, 0.29) is 5.75 Å². The van der Waals surface area contributed by atoms with Gasteiger partial charge in [0.05, 0.1) is 5.75 Å². The molecule has 0 atom stereocenters. The molecule has 0 fully saturated rings. The fourth-order valence-corrected chi connectivity index (χ4v) is 2.17. The van der Waals surface area contributed by atoms with E-state index in [0.29, 0.717) is 24.8 Å². The molecule has 74 valence electrons. The van der Waals surface area contributed by atoms with E-state index in [0.717, 1.165) is 0 Å². The van der Waals surface area contributed by atoms with Crippen molar-refractivity contribution in [2.45, 2.75) is 33.2 Å². The van der Waals surface area contributed by atoms with Crippen LogP contribution in [0.25, 0.3) is 0 Å². The van der Waals surface area contributed by atoms with Crippen LogP contribution in [-0.2, 0) is 9.84 Å². The van der Waals surface area contributed by atoms with Crippen LogP contribution in [-0.4, -0.2) is 32.5 Å². The predicted molar refractivity (Wildman–Crippen MR) is 52.1 cm³/mol. The second-order valence-corrected chi connectivity index (χ2v) is 5.56. The lowest BCUT2D eigenvalue weighted by molar-refractivity contribution is 0.577. The van der Waals surface area contributed by atoms with E-state index in [1.165, 1.54) is 0 Å². The Morgan fingerprint density at radius 2 is 1.83 bits per heavy atom. The number of rotatable bonds is 6. The first-order chi connectivity index (χ1) is 5.48. The van der Waals surface area contributed by atoms with Crippen molar-refractivity contribution in [2.75, 3.05) is 18.1 Å². The third-order valence-corrected chi connectivity index (χ3v) is 3.34. The van der Waals surface area contributed by atoms with Gasteiger partial charge in [-0.2, -0.15) is 0 Å². The zero-order valence-electron chi connectivity index (χ0n) is 8.13. The van der Waals surface area contributed by atoms with E-state index in [2.05, 4.69) is 5.32 Å². The van der Waals surface area contributed by atoms with Gasteiger partial charge in [-0.25, -0.2) is 8.42 Å². The molecule has 0 saturated heterocycles. The molecule has 0 bridgehead atoms. The van der Waals surface area contributed by atoms with Crippen LogP contribution < -0.4 is 5.32 Å². The van der Waals surface area contributed by atoms with Crippen molar-refractivity contribution in [1.29, 1.82) is 0 Å². The summed E-state index contributed by atoms with van der Waals surface area (Å²) < 4.78 is 22.3. The normalized spacial score (nSPS) is 12.3. The Bertz CT molecular complexity index is 197. The molecule has 0 aliphatic heterocycles. The molecule has 0 aromatic carbocycles. The third-order valence-electron chi connectivity index (χ3n) is 1.48. The van der Waals surface area contributed by atoms with Crippen LogP contribution in [0.4, 0.5) is 0 Å². The van der Waals surface area contributed by atoms with E-state index in [4.69, 9.17) is 0 Å². The molecule has 0 saturated carbocycles.